The molecule has 1 unspecified atom stereocenters. The summed E-state index contributed by atoms with van der Waals surface area (Å²) in [6, 6.07) is 20.1. The molecule has 2 heterocycles. The average molecular weight is 449 g/mol. The number of esters is 1. The van der Waals surface area contributed by atoms with Crippen LogP contribution in [0.25, 0.3) is 0 Å². The van der Waals surface area contributed by atoms with Crippen LogP contribution in [0, 0.1) is 5.82 Å². The molecule has 6 heteroatoms. The summed E-state index contributed by atoms with van der Waals surface area (Å²) < 4.78 is 25.5. The number of carbonyl (C=O) groups excluding carboxylic acids is 1. The Hall–Kier alpha value is -3.09. The van der Waals surface area contributed by atoms with Crippen molar-refractivity contribution in [3.8, 4) is 0 Å². The topological polar surface area (TPSA) is 51.7 Å². The van der Waals surface area contributed by atoms with Crippen LogP contribution >= 0.6 is 0 Å². The van der Waals surface area contributed by atoms with Gasteiger partial charge in [-0.25, -0.2) is 9.18 Å². The first kappa shape index (κ1) is 23.1. The van der Waals surface area contributed by atoms with Crippen molar-refractivity contribution in [3.05, 3.63) is 101 Å². The molecule has 5 nitrogen and oxygen atoms in total. The number of carbonyl (C=O) groups is 1. The Bertz CT molecular complexity index is 1050. The van der Waals surface area contributed by atoms with E-state index in [0.29, 0.717) is 18.7 Å². The summed E-state index contributed by atoms with van der Waals surface area (Å²) in [4.78, 5) is 18.7. The van der Waals surface area contributed by atoms with Gasteiger partial charge in [-0.3, -0.25) is 9.88 Å². The SMILES string of the molecule is CCOC(=O)c1ccnc(CN2CCC(OC(c3ccccc3)c3cccc(F)c3)CC2)c1. The molecule has 0 spiro atoms. The molecule has 1 aliphatic heterocycles. The Labute approximate surface area is 194 Å². The lowest BCUT2D eigenvalue weighted by Gasteiger charge is -2.34. The van der Waals surface area contributed by atoms with Crippen molar-refractivity contribution < 1.29 is 18.7 Å². The lowest BCUT2D eigenvalue weighted by molar-refractivity contribution is -0.0283. The van der Waals surface area contributed by atoms with Gasteiger partial charge in [0.2, 0.25) is 0 Å². The van der Waals surface area contributed by atoms with E-state index >= 15 is 0 Å². The molecule has 2 aromatic carbocycles. The van der Waals surface area contributed by atoms with E-state index < -0.39 is 0 Å². The number of hydrogen-bond acceptors (Lipinski definition) is 5. The largest absolute Gasteiger partial charge is 0.462 e. The van der Waals surface area contributed by atoms with Crippen molar-refractivity contribution in [2.24, 2.45) is 0 Å². The maximum Gasteiger partial charge on any atom is 0.338 e. The highest BCUT2D eigenvalue weighted by Gasteiger charge is 2.25. The second-order valence-corrected chi connectivity index (χ2v) is 8.21. The van der Waals surface area contributed by atoms with Gasteiger partial charge in [0.1, 0.15) is 11.9 Å². The Morgan fingerprint density at radius 3 is 2.55 bits per heavy atom. The van der Waals surface area contributed by atoms with Gasteiger partial charge in [-0.05, 0) is 55.2 Å². The van der Waals surface area contributed by atoms with E-state index in [1.54, 1.807) is 37.4 Å². The maximum atomic E-state index is 13.9. The van der Waals surface area contributed by atoms with Gasteiger partial charge >= 0.3 is 5.97 Å². The first-order valence-electron chi connectivity index (χ1n) is 11.4. The predicted molar refractivity (Wildman–Crippen MR) is 124 cm³/mol. The lowest BCUT2D eigenvalue weighted by atomic mass is 10.00. The molecule has 33 heavy (non-hydrogen) atoms. The van der Waals surface area contributed by atoms with Crippen LogP contribution in [0.2, 0.25) is 0 Å². The molecular weight excluding hydrogens is 419 g/mol. The van der Waals surface area contributed by atoms with Gasteiger partial charge in [0.25, 0.3) is 0 Å². The van der Waals surface area contributed by atoms with E-state index in [9.17, 15) is 9.18 Å². The molecule has 4 rings (SSSR count). The second kappa shape index (κ2) is 11.2. The van der Waals surface area contributed by atoms with E-state index in [2.05, 4.69) is 9.88 Å². The van der Waals surface area contributed by atoms with Crippen molar-refractivity contribution in [2.45, 2.75) is 38.5 Å². The zero-order chi connectivity index (χ0) is 23.0. The van der Waals surface area contributed by atoms with E-state index in [1.807, 2.05) is 36.4 Å². The monoisotopic (exact) mass is 448 g/mol. The summed E-state index contributed by atoms with van der Waals surface area (Å²) in [6.07, 6.45) is 3.17. The van der Waals surface area contributed by atoms with Crippen molar-refractivity contribution in [2.75, 3.05) is 19.7 Å². The average Bonchev–Trinajstić information content (AvgIpc) is 2.84. The summed E-state index contributed by atoms with van der Waals surface area (Å²) in [5.74, 6) is -0.582. The Balaban J connectivity index is 1.38. The third-order valence-electron chi connectivity index (χ3n) is 5.83. The molecule has 0 aliphatic carbocycles. The van der Waals surface area contributed by atoms with Crippen molar-refractivity contribution in [1.82, 2.24) is 9.88 Å². The van der Waals surface area contributed by atoms with E-state index in [0.717, 1.165) is 42.8 Å². The molecule has 0 saturated carbocycles. The minimum atomic E-state index is -0.322. The van der Waals surface area contributed by atoms with Crippen LogP contribution in [0.1, 0.15) is 53.0 Å². The molecule has 1 aliphatic rings. The predicted octanol–water partition coefficient (Wildman–Crippen LogP) is 5.17. The molecule has 1 fully saturated rings. The van der Waals surface area contributed by atoms with E-state index in [4.69, 9.17) is 9.47 Å². The summed E-state index contributed by atoms with van der Waals surface area (Å²) >= 11 is 0. The number of hydrogen-bond donors (Lipinski definition) is 0. The molecule has 1 atom stereocenters. The van der Waals surface area contributed by atoms with Crippen LogP contribution in [-0.2, 0) is 16.0 Å². The number of ether oxygens (including phenoxy) is 2. The highest BCUT2D eigenvalue weighted by molar-refractivity contribution is 5.89. The molecule has 1 saturated heterocycles. The van der Waals surface area contributed by atoms with Crippen molar-refractivity contribution in [1.29, 1.82) is 0 Å². The first-order chi connectivity index (χ1) is 16.1. The zero-order valence-corrected chi connectivity index (χ0v) is 18.8. The highest BCUT2D eigenvalue weighted by Crippen LogP contribution is 2.30. The third-order valence-corrected chi connectivity index (χ3v) is 5.83. The Morgan fingerprint density at radius 1 is 1.06 bits per heavy atom. The van der Waals surface area contributed by atoms with Crippen LogP contribution in [0.5, 0.6) is 0 Å². The molecule has 0 radical (unpaired) electrons. The molecule has 0 amide bonds. The molecule has 1 aromatic heterocycles. The summed E-state index contributed by atoms with van der Waals surface area (Å²) in [5.41, 5.74) is 3.22. The van der Waals surface area contributed by atoms with Crippen molar-refractivity contribution in [3.63, 3.8) is 0 Å². The Morgan fingerprint density at radius 2 is 1.82 bits per heavy atom. The van der Waals surface area contributed by atoms with Crippen LogP contribution in [0.4, 0.5) is 4.39 Å². The standard InChI is InChI=1S/C27H29FN2O3/c1-2-32-27(31)22-11-14-29-24(18-22)19-30-15-12-25(13-16-30)33-26(20-7-4-3-5-8-20)21-9-6-10-23(28)17-21/h3-11,14,17-18,25-26H,2,12-13,15-16,19H2,1H3. The van der Waals surface area contributed by atoms with Crippen LogP contribution in [-0.4, -0.2) is 41.7 Å². The maximum absolute atomic E-state index is 13.9. The smallest absolute Gasteiger partial charge is 0.338 e. The first-order valence-corrected chi connectivity index (χ1v) is 11.4. The van der Waals surface area contributed by atoms with Gasteiger partial charge in [0.15, 0.2) is 0 Å². The molecule has 172 valence electrons. The number of benzene rings is 2. The number of likely N-dealkylation sites (tertiary alicyclic amines) is 1. The van der Waals surface area contributed by atoms with Gasteiger partial charge in [0.05, 0.1) is 24.0 Å². The van der Waals surface area contributed by atoms with Gasteiger partial charge < -0.3 is 9.47 Å². The summed E-state index contributed by atoms with van der Waals surface area (Å²) in [7, 11) is 0. The number of rotatable bonds is 8. The number of aromatic nitrogens is 1. The number of halogens is 1. The molecule has 3 aromatic rings. The molecule has 0 N–H and O–H groups in total. The Kier molecular flexibility index (Phi) is 7.81. The second-order valence-electron chi connectivity index (χ2n) is 8.21. The van der Waals surface area contributed by atoms with Crippen LogP contribution in [0.15, 0.2) is 72.9 Å². The number of piperidine rings is 1. The fraction of sp³-hybridized carbons (Fsp3) is 0.333. The minimum Gasteiger partial charge on any atom is -0.462 e. The summed E-state index contributed by atoms with van der Waals surface area (Å²) in [5, 5.41) is 0. The molecule has 0 bridgehead atoms. The number of pyridine rings is 1. The fourth-order valence-electron chi connectivity index (χ4n) is 4.18. The van der Waals surface area contributed by atoms with Crippen LogP contribution < -0.4 is 0 Å². The van der Waals surface area contributed by atoms with Crippen molar-refractivity contribution >= 4 is 5.97 Å². The fourth-order valence-corrected chi connectivity index (χ4v) is 4.18. The van der Waals surface area contributed by atoms with Gasteiger partial charge in [-0.15, -0.1) is 0 Å². The zero-order valence-electron chi connectivity index (χ0n) is 18.8. The lowest BCUT2D eigenvalue weighted by Crippen LogP contribution is -2.37. The van der Waals surface area contributed by atoms with Gasteiger partial charge in [-0.2, -0.15) is 0 Å². The highest BCUT2D eigenvalue weighted by atomic mass is 19.1. The molecular formula is C27H29FN2O3. The third kappa shape index (κ3) is 6.24. The summed E-state index contributed by atoms with van der Waals surface area (Å²) in [6.45, 7) is 4.54. The quantitative estimate of drug-likeness (QED) is 0.445. The minimum absolute atomic E-state index is 0.0774. The number of nitrogens with zero attached hydrogens (tertiary/aromatic N) is 2. The van der Waals surface area contributed by atoms with Gasteiger partial charge in [0, 0.05) is 25.8 Å². The van der Waals surface area contributed by atoms with Crippen LogP contribution in [0.3, 0.4) is 0 Å². The van der Waals surface area contributed by atoms with E-state index in [1.165, 1.54) is 6.07 Å². The van der Waals surface area contributed by atoms with E-state index in [-0.39, 0.29) is 24.0 Å². The van der Waals surface area contributed by atoms with Gasteiger partial charge in [-0.1, -0.05) is 42.5 Å². The normalized spacial score (nSPS) is 15.8.